The van der Waals surface area contributed by atoms with Crippen molar-refractivity contribution in [1.82, 2.24) is 19.8 Å². The van der Waals surface area contributed by atoms with Crippen molar-refractivity contribution in [3.63, 3.8) is 0 Å². The summed E-state index contributed by atoms with van der Waals surface area (Å²) in [6.07, 6.45) is 1.22. The van der Waals surface area contributed by atoms with Gasteiger partial charge in [-0.05, 0) is 38.8 Å². The van der Waals surface area contributed by atoms with Gasteiger partial charge in [0.2, 0.25) is 5.91 Å². The second-order valence-electron chi connectivity index (χ2n) is 6.26. The number of aryl methyl sites for hydroxylation is 1. The maximum Gasteiger partial charge on any atom is 0.409 e. The van der Waals surface area contributed by atoms with E-state index in [-0.39, 0.29) is 24.6 Å². The second-order valence-corrected chi connectivity index (χ2v) is 6.26. The Kier molecular flexibility index (Phi) is 5.21. The molecule has 7 nitrogen and oxygen atoms in total. The Labute approximate surface area is 147 Å². The number of carbonyl (C=O) groups excluding carboxylic acids is 2. The van der Waals surface area contributed by atoms with Crippen LogP contribution in [0.1, 0.15) is 25.6 Å². The van der Waals surface area contributed by atoms with Gasteiger partial charge in [0, 0.05) is 19.1 Å². The molecule has 7 heteroatoms. The summed E-state index contributed by atoms with van der Waals surface area (Å²) in [6.45, 7) is 5.56. The van der Waals surface area contributed by atoms with E-state index in [4.69, 9.17) is 4.74 Å². The van der Waals surface area contributed by atoms with Crippen LogP contribution in [0.5, 0.6) is 0 Å². The van der Waals surface area contributed by atoms with Crippen LogP contribution < -0.4 is 5.32 Å². The molecule has 1 fully saturated rings. The number of ether oxygens (including phenoxy) is 1. The van der Waals surface area contributed by atoms with Gasteiger partial charge < -0.3 is 19.5 Å². The van der Waals surface area contributed by atoms with Gasteiger partial charge in [0.05, 0.1) is 17.6 Å². The molecule has 0 atom stereocenters. The molecule has 25 heavy (non-hydrogen) atoms. The molecule has 134 valence electrons. The Morgan fingerprint density at radius 2 is 2.00 bits per heavy atom. The quantitative estimate of drug-likeness (QED) is 0.921. The van der Waals surface area contributed by atoms with Crippen molar-refractivity contribution in [2.75, 3.05) is 19.7 Å². The van der Waals surface area contributed by atoms with E-state index < -0.39 is 0 Å². The molecule has 0 spiro atoms. The highest BCUT2D eigenvalue weighted by atomic mass is 16.6. The summed E-state index contributed by atoms with van der Waals surface area (Å²) in [7, 11) is 0. The third kappa shape index (κ3) is 3.92. The molecule has 2 aromatic rings. The smallest absolute Gasteiger partial charge is 0.409 e. The standard InChI is InChI=1S/C18H24N4O3/c1-3-25-18(24)21-10-8-14(9-11-21)20-17(23)12-22-13(2)19-15-6-4-5-7-16(15)22/h4-7,14H,3,8-12H2,1-2H3,(H,20,23). The van der Waals surface area contributed by atoms with E-state index in [9.17, 15) is 9.59 Å². The van der Waals surface area contributed by atoms with E-state index in [0.717, 1.165) is 29.7 Å². The first-order chi connectivity index (χ1) is 12.1. The Balaban J connectivity index is 1.55. The average molecular weight is 344 g/mol. The lowest BCUT2D eigenvalue weighted by atomic mass is 10.1. The van der Waals surface area contributed by atoms with Crippen LogP contribution in [0.2, 0.25) is 0 Å². The number of benzene rings is 1. The number of piperidine rings is 1. The second kappa shape index (κ2) is 7.55. The first-order valence-corrected chi connectivity index (χ1v) is 8.71. The molecule has 1 aliphatic rings. The largest absolute Gasteiger partial charge is 0.450 e. The van der Waals surface area contributed by atoms with Crippen LogP contribution in [0.4, 0.5) is 4.79 Å². The lowest BCUT2D eigenvalue weighted by Crippen LogP contribution is -2.47. The molecule has 1 aromatic heterocycles. The molecule has 1 aromatic carbocycles. The first-order valence-electron chi connectivity index (χ1n) is 8.71. The van der Waals surface area contributed by atoms with Crippen molar-refractivity contribution in [2.45, 2.75) is 39.3 Å². The number of amides is 2. The molecule has 1 saturated heterocycles. The van der Waals surface area contributed by atoms with Gasteiger partial charge in [0.1, 0.15) is 12.4 Å². The van der Waals surface area contributed by atoms with Crippen LogP contribution in [0, 0.1) is 6.92 Å². The van der Waals surface area contributed by atoms with Gasteiger partial charge in [-0.25, -0.2) is 9.78 Å². The summed E-state index contributed by atoms with van der Waals surface area (Å²) in [6, 6.07) is 7.90. The monoisotopic (exact) mass is 344 g/mol. The lowest BCUT2D eigenvalue weighted by molar-refractivity contribution is -0.122. The number of imidazole rings is 1. The molecule has 2 amide bonds. The molecule has 0 radical (unpaired) electrons. The normalized spacial score (nSPS) is 15.4. The maximum absolute atomic E-state index is 12.4. The minimum Gasteiger partial charge on any atom is -0.450 e. The summed E-state index contributed by atoms with van der Waals surface area (Å²) in [5.74, 6) is 0.800. The Morgan fingerprint density at radius 1 is 1.28 bits per heavy atom. The molecule has 0 saturated carbocycles. The van der Waals surface area contributed by atoms with E-state index in [1.54, 1.807) is 11.8 Å². The van der Waals surface area contributed by atoms with Crippen molar-refractivity contribution in [1.29, 1.82) is 0 Å². The van der Waals surface area contributed by atoms with Crippen molar-refractivity contribution >= 4 is 23.0 Å². The highest BCUT2D eigenvalue weighted by molar-refractivity contribution is 5.81. The highest BCUT2D eigenvalue weighted by Gasteiger charge is 2.24. The fourth-order valence-electron chi connectivity index (χ4n) is 3.23. The van der Waals surface area contributed by atoms with Crippen LogP contribution in [0.3, 0.4) is 0 Å². The van der Waals surface area contributed by atoms with Gasteiger partial charge in [0.15, 0.2) is 0 Å². The third-order valence-corrected chi connectivity index (χ3v) is 4.53. The predicted molar refractivity (Wildman–Crippen MR) is 94.2 cm³/mol. The topological polar surface area (TPSA) is 76.5 Å². The molecule has 1 N–H and O–H groups in total. The zero-order valence-corrected chi connectivity index (χ0v) is 14.7. The highest BCUT2D eigenvalue weighted by Crippen LogP contribution is 2.16. The molecule has 0 unspecified atom stereocenters. The molecule has 0 aliphatic carbocycles. The van der Waals surface area contributed by atoms with Crippen molar-refractivity contribution in [3.8, 4) is 0 Å². The van der Waals surface area contributed by atoms with Crippen LogP contribution >= 0.6 is 0 Å². The van der Waals surface area contributed by atoms with Crippen molar-refractivity contribution in [2.24, 2.45) is 0 Å². The van der Waals surface area contributed by atoms with Crippen molar-refractivity contribution in [3.05, 3.63) is 30.1 Å². The molecule has 0 bridgehead atoms. The predicted octanol–water partition coefficient (Wildman–Crippen LogP) is 2.08. The number of nitrogens with one attached hydrogen (secondary N) is 1. The fraction of sp³-hybridized carbons (Fsp3) is 0.500. The van der Waals surface area contributed by atoms with Gasteiger partial charge in [-0.15, -0.1) is 0 Å². The maximum atomic E-state index is 12.4. The molecule has 2 heterocycles. The number of carbonyl (C=O) groups is 2. The number of hydrogen-bond acceptors (Lipinski definition) is 4. The number of nitrogens with zero attached hydrogens (tertiary/aromatic N) is 3. The van der Waals surface area contributed by atoms with Crippen LogP contribution in [0.25, 0.3) is 11.0 Å². The van der Waals surface area contributed by atoms with Crippen LogP contribution in [-0.4, -0.2) is 52.2 Å². The Bertz CT molecular complexity index is 763. The number of rotatable bonds is 4. The third-order valence-electron chi connectivity index (χ3n) is 4.53. The van der Waals surface area contributed by atoms with Gasteiger partial charge in [-0.2, -0.15) is 0 Å². The van der Waals surface area contributed by atoms with Gasteiger partial charge in [-0.3, -0.25) is 4.79 Å². The summed E-state index contributed by atoms with van der Waals surface area (Å²) in [4.78, 5) is 30.3. The van der Waals surface area contributed by atoms with Crippen LogP contribution in [0.15, 0.2) is 24.3 Å². The minimum atomic E-state index is -0.271. The zero-order valence-electron chi connectivity index (χ0n) is 14.7. The van der Waals surface area contributed by atoms with E-state index in [1.807, 2.05) is 35.8 Å². The molecule has 3 rings (SSSR count). The fourth-order valence-corrected chi connectivity index (χ4v) is 3.23. The summed E-state index contributed by atoms with van der Waals surface area (Å²) < 4.78 is 6.94. The van der Waals surface area contributed by atoms with E-state index in [1.165, 1.54) is 0 Å². The Hall–Kier alpha value is -2.57. The number of aromatic nitrogens is 2. The summed E-state index contributed by atoms with van der Waals surface area (Å²) >= 11 is 0. The first kappa shape index (κ1) is 17.3. The van der Waals surface area contributed by atoms with Gasteiger partial charge in [0.25, 0.3) is 0 Å². The molecular formula is C18H24N4O3. The number of fused-ring (bicyclic) bond motifs is 1. The van der Waals surface area contributed by atoms with Crippen molar-refractivity contribution < 1.29 is 14.3 Å². The Morgan fingerprint density at radius 3 is 2.72 bits per heavy atom. The zero-order chi connectivity index (χ0) is 17.8. The molecule has 1 aliphatic heterocycles. The van der Waals surface area contributed by atoms with E-state index >= 15 is 0 Å². The molecular weight excluding hydrogens is 320 g/mol. The van der Waals surface area contributed by atoms with E-state index in [2.05, 4.69) is 10.3 Å². The lowest BCUT2D eigenvalue weighted by Gasteiger charge is -2.31. The van der Waals surface area contributed by atoms with Gasteiger partial charge >= 0.3 is 6.09 Å². The van der Waals surface area contributed by atoms with Gasteiger partial charge in [-0.1, -0.05) is 12.1 Å². The van der Waals surface area contributed by atoms with E-state index in [0.29, 0.717) is 19.7 Å². The SMILES string of the molecule is CCOC(=O)N1CCC(NC(=O)Cn2c(C)nc3ccccc32)CC1. The van der Waals surface area contributed by atoms with Crippen LogP contribution in [-0.2, 0) is 16.1 Å². The minimum absolute atomic E-state index is 0.0270. The number of para-hydroxylation sites is 2. The number of likely N-dealkylation sites (tertiary alicyclic amines) is 1. The summed E-state index contributed by atoms with van der Waals surface area (Å²) in [5.41, 5.74) is 1.86. The average Bonchev–Trinajstić information content (AvgIpc) is 2.91. The number of hydrogen-bond donors (Lipinski definition) is 1. The summed E-state index contributed by atoms with van der Waals surface area (Å²) in [5, 5.41) is 3.07.